The molecule has 0 radical (unpaired) electrons. The minimum absolute atomic E-state index is 0.0266. The number of benzene rings is 6. The Balaban J connectivity index is 1.32. The fraction of sp³-hybridized carbons (Fsp3) is 0.0930. The summed E-state index contributed by atoms with van der Waals surface area (Å²) in [6, 6.07) is 44.7. The largest absolute Gasteiger partial charge is 0.507 e. The normalized spacial score (nSPS) is 10.9. The quantitative estimate of drug-likeness (QED) is 0.124. The number of phenols is 1. The molecule has 0 fully saturated rings. The third kappa shape index (κ3) is 7.81. The van der Waals surface area contributed by atoms with E-state index in [-0.39, 0.29) is 54.7 Å². The van der Waals surface area contributed by atoms with E-state index in [0.717, 1.165) is 22.3 Å². The second kappa shape index (κ2) is 15.3. The third-order valence-electron chi connectivity index (χ3n) is 8.16. The lowest BCUT2D eigenvalue weighted by atomic mass is 10.1. The molecule has 1 heterocycles. The van der Waals surface area contributed by atoms with Crippen LogP contribution in [0.1, 0.15) is 22.3 Å². The average Bonchev–Trinajstić information content (AvgIpc) is 3.17. The Bertz CT molecular complexity index is 2220. The molecule has 7 aromatic rings. The predicted molar refractivity (Wildman–Crippen MR) is 194 cm³/mol. The Morgan fingerprint density at radius 3 is 1.41 bits per heavy atom. The number of rotatable bonds is 13. The number of fused-ring (bicyclic) bond motifs is 1. The molecular weight excluding hydrogens is 644 g/mol. The van der Waals surface area contributed by atoms with E-state index in [0.29, 0.717) is 22.8 Å². The highest BCUT2D eigenvalue weighted by atomic mass is 16.5. The third-order valence-corrected chi connectivity index (χ3v) is 8.16. The van der Waals surface area contributed by atoms with Gasteiger partial charge < -0.3 is 33.6 Å². The SMILES string of the molecule is O=c1c(O)c(-c2cc(OCc3ccccc3)c(OCc3ccccc3)c(OCc3ccccc3)c2)oc2cc(OCc3ccccc3)cc(O)c12. The first-order valence-corrected chi connectivity index (χ1v) is 16.4. The van der Waals surface area contributed by atoms with Crippen molar-refractivity contribution in [1.82, 2.24) is 0 Å². The second-order valence-electron chi connectivity index (χ2n) is 11.8. The molecule has 0 unspecified atom stereocenters. The zero-order chi connectivity index (χ0) is 35.0. The molecule has 0 atom stereocenters. The fourth-order valence-corrected chi connectivity index (χ4v) is 5.55. The minimum Gasteiger partial charge on any atom is -0.507 e. The van der Waals surface area contributed by atoms with Gasteiger partial charge in [0.1, 0.15) is 48.9 Å². The van der Waals surface area contributed by atoms with Crippen LogP contribution in [-0.2, 0) is 26.4 Å². The van der Waals surface area contributed by atoms with E-state index in [9.17, 15) is 15.0 Å². The van der Waals surface area contributed by atoms with Crippen LogP contribution >= 0.6 is 0 Å². The molecule has 0 aliphatic rings. The summed E-state index contributed by atoms with van der Waals surface area (Å²) < 4.78 is 31.2. The van der Waals surface area contributed by atoms with Gasteiger partial charge in [0, 0.05) is 17.7 Å². The average molecular weight is 679 g/mol. The van der Waals surface area contributed by atoms with Gasteiger partial charge in [0.15, 0.2) is 17.3 Å². The van der Waals surface area contributed by atoms with Crippen molar-refractivity contribution in [1.29, 1.82) is 0 Å². The van der Waals surface area contributed by atoms with Gasteiger partial charge in [-0.1, -0.05) is 121 Å². The molecule has 51 heavy (non-hydrogen) atoms. The molecule has 7 rings (SSSR count). The number of aromatic hydroxyl groups is 2. The molecule has 0 bridgehead atoms. The highest BCUT2D eigenvalue weighted by Crippen LogP contribution is 2.45. The van der Waals surface area contributed by atoms with Gasteiger partial charge in [0.25, 0.3) is 0 Å². The number of phenolic OH excluding ortho intramolecular Hbond substituents is 1. The Morgan fingerprint density at radius 2 is 0.941 bits per heavy atom. The summed E-state index contributed by atoms with van der Waals surface area (Å²) in [6.45, 7) is 0.863. The van der Waals surface area contributed by atoms with Gasteiger partial charge in [-0.25, -0.2) is 0 Å². The summed E-state index contributed by atoms with van der Waals surface area (Å²) in [5.41, 5.74) is 3.21. The molecule has 0 saturated carbocycles. The summed E-state index contributed by atoms with van der Waals surface area (Å²) in [4.78, 5) is 13.6. The maximum Gasteiger partial charge on any atom is 0.238 e. The van der Waals surface area contributed by atoms with Crippen LogP contribution in [0.15, 0.2) is 155 Å². The smallest absolute Gasteiger partial charge is 0.238 e. The van der Waals surface area contributed by atoms with Gasteiger partial charge >= 0.3 is 0 Å². The van der Waals surface area contributed by atoms with E-state index in [2.05, 4.69) is 0 Å². The highest BCUT2D eigenvalue weighted by Gasteiger charge is 2.24. The first-order valence-electron chi connectivity index (χ1n) is 16.4. The van der Waals surface area contributed by atoms with Crippen LogP contribution < -0.4 is 24.4 Å². The van der Waals surface area contributed by atoms with Crippen LogP contribution in [0.2, 0.25) is 0 Å². The lowest BCUT2D eigenvalue weighted by Crippen LogP contribution is -2.06. The first kappa shape index (κ1) is 32.9. The molecule has 6 aromatic carbocycles. The standard InChI is InChI=1S/C43H34O8/c44-35-23-34(47-25-29-13-5-1-6-14-29)24-36-39(35)40(45)41(46)42(51-36)33-21-37(48-26-30-15-7-2-8-16-30)43(50-28-32-19-11-4-12-20-32)38(22-33)49-27-31-17-9-3-10-18-31/h1-24,44,46H,25-28H2. The monoisotopic (exact) mass is 678 g/mol. The van der Waals surface area contributed by atoms with Gasteiger partial charge in [-0.15, -0.1) is 0 Å². The van der Waals surface area contributed by atoms with Crippen LogP contribution in [0.25, 0.3) is 22.3 Å². The van der Waals surface area contributed by atoms with Gasteiger partial charge in [0.05, 0.1) is 0 Å². The highest BCUT2D eigenvalue weighted by molar-refractivity contribution is 5.88. The van der Waals surface area contributed by atoms with E-state index in [1.807, 2.05) is 121 Å². The van der Waals surface area contributed by atoms with Crippen molar-refractivity contribution >= 4 is 11.0 Å². The van der Waals surface area contributed by atoms with Crippen molar-refractivity contribution in [2.75, 3.05) is 0 Å². The summed E-state index contributed by atoms with van der Waals surface area (Å²) in [7, 11) is 0. The van der Waals surface area contributed by atoms with Crippen LogP contribution in [-0.4, -0.2) is 10.2 Å². The van der Waals surface area contributed by atoms with E-state index in [1.54, 1.807) is 12.1 Å². The molecule has 0 spiro atoms. The maximum absolute atomic E-state index is 13.6. The maximum atomic E-state index is 13.6. The molecule has 0 amide bonds. The summed E-state index contributed by atoms with van der Waals surface area (Å²) in [5.74, 6) is 0.0288. The zero-order valence-electron chi connectivity index (χ0n) is 27.5. The predicted octanol–water partition coefficient (Wildman–Crippen LogP) is 9.19. The van der Waals surface area contributed by atoms with Crippen molar-refractivity contribution in [3.63, 3.8) is 0 Å². The molecule has 0 aliphatic heterocycles. The summed E-state index contributed by atoms with van der Waals surface area (Å²) >= 11 is 0. The molecule has 8 nitrogen and oxygen atoms in total. The Labute approximate surface area is 294 Å². The lowest BCUT2D eigenvalue weighted by Gasteiger charge is -2.19. The first-order chi connectivity index (χ1) is 25.0. The minimum atomic E-state index is -0.804. The molecule has 0 saturated heterocycles. The molecule has 254 valence electrons. The van der Waals surface area contributed by atoms with Gasteiger partial charge in [-0.05, 0) is 34.4 Å². The van der Waals surface area contributed by atoms with Crippen molar-refractivity contribution in [3.05, 3.63) is 178 Å². The van der Waals surface area contributed by atoms with Crippen molar-refractivity contribution in [3.8, 4) is 45.8 Å². The van der Waals surface area contributed by atoms with Gasteiger partial charge in [0.2, 0.25) is 16.9 Å². The Hall–Kier alpha value is -6.67. The number of ether oxygens (including phenoxy) is 4. The van der Waals surface area contributed by atoms with E-state index >= 15 is 0 Å². The Kier molecular flexibility index (Phi) is 9.83. The van der Waals surface area contributed by atoms with Crippen LogP contribution in [0.5, 0.6) is 34.5 Å². The molecule has 8 heteroatoms. The fourth-order valence-electron chi connectivity index (χ4n) is 5.55. The van der Waals surface area contributed by atoms with Crippen molar-refractivity contribution < 1.29 is 33.6 Å². The molecule has 2 N–H and O–H groups in total. The molecule has 1 aromatic heterocycles. The van der Waals surface area contributed by atoms with E-state index in [1.165, 1.54) is 12.1 Å². The Morgan fingerprint density at radius 1 is 0.510 bits per heavy atom. The van der Waals surface area contributed by atoms with Gasteiger partial charge in [-0.2, -0.15) is 0 Å². The molecular formula is C43H34O8. The van der Waals surface area contributed by atoms with Crippen molar-refractivity contribution in [2.24, 2.45) is 0 Å². The van der Waals surface area contributed by atoms with E-state index in [4.69, 9.17) is 23.4 Å². The van der Waals surface area contributed by atoms with Crippen LogP contribution in [0, 0.1) is 0 Å². The number of hydrogen-bond acceptors (Lipinski definition) is 8. The zero-order valence-corrected chi connectivity index (χ0v) is 27.5. The van der Waals surface area contributed by atoms with Crippen LogP contribution in [0.4, 0.5) is 0 Å². The summed E-state index contributed by atoms with van der Waals surface area (Å²) in [5, 5.41) is 21.9. The van der Waals surface area contributed by atoms with Gasteiger partial charge in [-0.3, -0.25) is 4.79 Å². The topological polar surface area (TPSA) is 108 Å². The summed E-state index contributed by atoms with van der Waals surface area (Å²) in [6.07, 6.45) is 0. The lowest BCUT2D eigenvalue weighted by molar-refractivity contribution is 0.230. The second-order valence-corrected chi connectivity index (χ2v) is 11.8. The molecule has 0 aliphatic carbocycles. The van der Waals surface area contributed by atoms with Crippen LogP contribution in [0.3, 0.4) is 0 Å². The van der Waals surface area contributed by atoms with E-state index < -0.39 is 11.2 Å². The van der Waals surface area contributed by atoms with Crippen molar-refractivity contribution in [2.45, 2.75) is 26.4 Å². The number of hydrogen-bond donors (Lipinski definition) is 2.